The largest absolute Gasteiger partial charge is 0.435 e. The molecule has 4 nitrogen and oxygen atoms in total. The van der Waals surface area contributed by atoms with Crippen LogP contribution >= 0.6 is 0 Å². The second-order valence-electron chi connectivity index (χ2n) is 3.55. The Morgan fingerprint density at radius 3 is 2.47 bits per heavy atom. The van der Waals surface area contributed by atoms with E-state index in [-0.39, 0.29) is 6.04 Å². The number of likely N-dealkylation sites (N-methyl/N-ethyl adjacent to an activating group) is 1. The lowest BCUT2D eigenvalue weighted by Gasteiger charge is -2.14. The lowest BCUT2D eigenvalue weighted by Crippen LogP contribution is -2.32. The van der Waals surface area contributed by atoms with Gasteiger partial charge in [0.25, 0.3) is 0 Å². The average molecular weight is 249 g/mol. The van der Waals surface area contributed by atoms with Gasteiger partial charge in [-0.05, 0) is 19.2 Å². The second kappa shape index (κ2) is 5.92. The third-order valence-electron chi connectivity index (χ3n) is 2.24. The molecular weight excluding hydrogens is 235 g/mol. The van der Waals surface area contributed by atoms with Gasteiger partial charge in [0.2, 0.25) is 0 Å². The summed E-state index contributed by atoms with van der Waals surface area (Å²) in [5.41, 5.74) is -0.483. The van der Waals surface area contributed by atoms with Gasteiger partial charge in [-0.1, -0.05) is 0 Å². The van der Waals surface area contributed by atoms with Gasteiger partial charge in [0.1, 0.15) is 0 Å². The van der Waals surface area contributed by atoms with Crippen LogP contribution in [0.5, 0.6) is 0 Å². The number of alkyl halides is 3. The lowest BCUT2D eigenvalue weighted by atomic mass is 10.1. The van der Waals surface area contributed by atoms with E-state index >= 15 is 0 Å². The number of hydrogen-bond acceptors (Lipinski definition) is 4. The van der Waals surface area contributed by atoms with Gasteiger partial charge in [-0.3, -0.25) is 0 Å². The molecule has 0 fully saturated rings. The maximum Gasteiger partial charge on any atom is 0.435 e. The first-order chi connectivity index (χ1) is 7.97. The Bertz CT molecular complexity index is 340. The molecule has 0 aliphatic heterocycles. The molecule has 1 rings (SSSR count). The molecule has 1 unspecified atom stereocenters. The summed E-state index contributed by atoms with van der Waals surface area (Å²) in [6.45, 7) is 0.458. The number of nitrogens with one attached hydrogen (secondary N) is 1. The maximum atomic E-state index is 12.2. The Kier molecular flexibility index (Phi) is 4.83. The van der Waals surface area contributed by atoms with E-state index in [0.29, 0.717) is 18.7 Å². The fourth-order valence-electron chi connectivity index (χ4n) is 1.32. The minimum absolute atomic E-state index is 0.00559. The minimum Gasteiger partial charge on any atom is -0.383 e. The molecule has 0 saturated heterocycles. The van der Waals surface area contributed by atoms with Gasteiger partial charge >= 0.3 is 6.18 Å². The highest BCUT2D eigenvalue weighted by molar-refractivity contribution is 5.10. The van der Waals surface area contributed by atoms with Crippen LogP contribution in [0.15, 0.2) is 12.1 Å². The normalized spacial score (nSPS) is 13.7. The number of ether oxygens (including phenoxy) is 1. The summed E-state index contributed by atoms with van der Waals surface area (Å²) in [5, 5.41) is 9.68. The molecule has 0 aliphatic rings. The average Bonchev–Trinajstić information content (AvgIpc) is 2.28. The highest BCUT2D eigenvalue weighted by Gasteiger charge is 2.32. The van der Waals surface area contributed by atoms with E-state index in [4.69, 9.17) is 4.74 Å². The molecule has 1 heterocycles. The summed E-state index contributed by atoms with van der Waals surface area (Å²) in [7, 11) is 3.31. The predicted octanol–water partition coefficient (Wildman–Crippen LogP) is 1.27. The van der Waals surface area contributed by atoms with E-state index in [1.165, 1.54) is 6.07 Å². The number of methoxy groups -OCH3 is 1. The van der Waals surface area contributed by atoms with Gasteiger partial charge in [0.15, 0.2) is 5.69 Å². The summed E-state index contributed by atoms with van der Waals surface area (Å²) >= 11 is 0. The van der Waals surface area contributed by atoms with Crippen LogP contribution in [0.2, 0.25) is 0 Å². The summed E-state index contributed by atoms with van der Waals surface area (Å²) in [5.74, 6) is 0. The standard InChI is InChI=1S/C10H14F3N3O/c1-14-8(6-17-2)5-7-3-4-9(16-15-7)10(11,12)13/h3-4,8,14H,5-6H2,1-2H3. The van der Waals surface area contributed by atoms with Crippen LogP contribution in [0.25, 0.3) is 0 Å². The number of aromatic nitrogens is 2. The van der Waals surface area contributed by atoms with Crippen LogP contribution in [0.4, 0.5) is 13.2 Å². The molecule has 0 spiro atoms. The van der Waals surface area contributed by atoms with Gasteiger partial charge in [-0.15, -0.1) is 5.10 Å². The molecule has 7 heteroatoms. The summed E-state index contributed by atoms with van der Waals surface area (Å²) in [6.07, 6.45) is -3.98. The van der Waals surface area contributed by atoms with E-state index in [1.54, 1.807) is 14.2 Å². The topological polar surface area (TPSA) is 47.0 Å². The van der Waals surface area contributed by atoms with Crippen molar-refractivity contribution < 1.29 is 17.9 Å². The molecule has 0 radical (unpaired) electrons. The Morgan fingerprint density at radius 1 is 1.35 bits per heavy atom. The van der Waals surface area contributed by atoms with Crippen molar-refractivity contribution in [2.24, 2.45) is 0 Å². The van der Waals surface area contributed by atoms with Crippen molar-refractivity contribution in [3.63, 3.8) is 0 Å². The van der Waals surface area contributed by atoms with Crippen molar-refractivity contribution in [1.82, 2.24) is 15.5 Å². The van der Waals surface area contributed by atoms with Crippen LogP contribution in [0, 0.1) is 0 Å². The first kappa shape index (κ1) is 13.9. The third kappa shape index (κ3) is 4.27. The molecule has 0 bridgehead atoms. The van der Waals surface area contributed by atoms with Crippen molar-refractivity contribution in [1.29, 1.82) is 0 Å². The van der Waals surface area contributed by atoms with E-state index in [9.17, 15) is 13.2 Å². The molecule has 0 saturated carbocycles. The SMILES string of the molecule is CNC(COC)Cc1ccc(C(F)(F)F)nn1. The van der Waals surface area contributed by atoms with Crippen molar-refractivity contribution in [3.05, 3.63) is 23.5 Å². The molecular formula is C10H14F3N3O. The van der Waals surface area contributed by atoms with Gasteiger partial charge in [-0.2, -0.15) is 18.3 Å². The zero-order valence-corrected chi connectivity index (χ0v) is 9.58. The Morgan fingerprint density at radius 2 is 2.06 bits per heavy atom. The summed E-state index contributed by atoms with van der Waals surface area (Å²) in [4.78, 5) is 0. The molecule has 1 atom stereocenters. The molecule has 1 aromatic heterocycles. The van der Waals surface area contributed by atoms with Crippen LogP contribution in [-0.4, -0.2) is 37.0 Å². The van der Waals surface area contributed by atoms with E-state index in [1.807, 2.05) is 0 Å². The number of halogens is 3. The van der Waals surface area contributed by atoms with Gasteiger partial charge in [0.05, 0.1) is 12.3 Å². The zero-order chi connectivity index (χ0) is 12.9. The van der Waals surface area contributed by atoms with Crippen LogP contribution < -0.4 is 5.32 Å². The molecule has 0 amide bonds. The number of hydrogen-bond donors (Lipinski definition) is 1. The van der Waals surface area contributed by atoms with Crippen molar-refractivity contribution >= 4 is 0 Å². The van der Waals surface area contributed by atoms with Crippen molar-refractivity contribution in [2.75, 3.05) is 20.8 Å². The number of nitrogens with zero attached hydrogens (tertiary/aromatic N) is 2. The Labute approximate surface area is 97.2 Å². The molecule has 96 valence electrons. The highest BCUT2D eigenvalue weighted by atomic mass is 19.4. The molecule has 1 N–H and O–H groups in total. The quantitative estimate of drug-likeness (QED) is 0.853. The lowest BCUT2D eigenvalue weighted by molar-refractivity contribution is -0.141. The van der Waals surface area contributed by atoms with Crippen LogP contribution in [0.3, 0.4) is 0 Å². The maximum absolute atomic E-state index is 12.2. The fourth-order valence-corrected chi connectivity index (χ4v) is 1.32. The highest BCUT2D eigenvalue weighted by Crippen LogP contribution is 2.26. The molecule has 17 heavy (non-hydrogen) atoms. The minimum atomic E-state index is -4.44. The monoisotopic (exact) mass is 249 g/mol. The van der Waals surface area contributed by atoms with Crippen molar-refractivity contribution in [3.8, 4) is 0 Å². The third-order valence-corrected chi connectivity index (χ3v) is 2.24. The van der Waals surface area contributed by atoms with Gasteiger partial charge in [0, 0.05) is 19.6 Å². The van der Waals surface area contributed by atoms with Gasteiger partial charge < -0.3 is 10.1 Å². The zero-order valence-electron chi connectivity index (χ0n) is 9.58. The van der Waals surface area contributed by atoms with Gasteiger partial charge in [-0.25, -0.2) is 0 Å². The van der Waals surface area contributed by atoms with E-state index in [0.717, 1.165) is 6.07 Å². The van der Waals surface area contributed by atoms with Crippen LogP contribution in [-0.2, 0) is 17.3 Å². The number of rotatable bonds is 5. The molecule has 0 aromatic carbocycles. The molecule has 0 aliphatic carbocycles. The van der Waals surface area contributed by atoms with Crippen molar-refractivity contribution in [2.45, 2.75) is 18.6 Å². The smallest absolute Gasteiger partial charge is 0.383 e. The van der Waals surface area contributed by atoms with E-state index in [2.05, 4.69) is 15.5 Å². The first-order valence-electron chi connectivity index (χ1n) is 5.03. The molecule has 1 aromatic rings. The van der Waals surface area contributed by atoms with Crippen LogP contribution in [0.1, 0.15) is 11.4 Å². The second-order valence-corrected chi connectivity index (χ2v) is 3.55. The first-order valence-corrected chi connectivity index (χ1v) is 5.03. The predicted molar refractivity (Wildman–Crippen MR) is 55.5 cm³/mol. The van der Waals surface area contributed by atoms with E-state index < -0.39 is 11.9 Å². The Balaban J connectivity index is 2.68. The summed E-state index contributed by atoms with van der Waals surface area (Å²) in [6, 6.07) is 2.27. The Hall–Kier alpha value is -1.21. The summed E-state index contributed by atoms with van der Waals surface area (Å²) < 4.78 is 41.7. The fraction of sp³-hybridized carbons (Fsp3) is 0.600.